The Balaban J connectivity index is 1.39. The molecule has 26 heavy (non-hydrogen) atoms. The molecule has 2 aromatic heterocycles. The monoisotopic (exact) mass is 352 g/mol. The van der Waals surface area contributed by atoms with Gasteiger partial charge in [0.25, 0.3) is 0 Å². The van der Waals surface area contributed by atoms with E-state index in [-0.39, 0.29) is 24.3 Å². The molecule has 0 unspecified atom stereocenters. The van der Waals surface area contributed by atoms with Gasteiger partial charge in [0.1, 0.15) is 0 Å². The molecule has 3 aromatic rings. The molecular formula is C20H24N4O2. The smallest absolute Gasteiger partial charge is 0.222 e. The number of aliphatic hydroxyl groups is 1. The summed E-state index contributed by atoms with van der Waals surface area (Å²) in [4.78, 5) is 17.8. The van der Waals surface area contributed by atoms with Gasteiger partial charge in [-0.05, 0) is 41.1 Å². The van der Waals surface area contributed by atoms with E-state index in [4.69, 9.17) is 0 Å². The summed E-state index contributed by atoms with van der Waals surface area (Å²) >= 11 is 0. The molecule has 0 spiro atoms. The lowest BCUT2D eigenvalue weighted by molar-refractivity contribution is -0.130. The van der Waals surface area contributed by atoms with Gasteiger partial charge in [-0.1, -0.05) is 6.07 Å². The molecule has 3 heterocycles. The molecule has 1 aliphatic heterocycles. The summed E-state index contributed by atoms with van der Waals surface area (Å²) in [7, 11) is 1.89. The highest BCUT2D eigenvalue weighted by molar-refractivity contribution is 5.80. The third-order valence-electron chi connectivity index (χ3n) is 5.43. The third kappa shape index (κ3) is 3.24. The van der Waals surface area contributed by atoms with Crippen LogP contribution in [0.15, 0.2) is 42.9 Å². The molecule has 1 aromatic carbocycles. The molecule has 1 fully saturated rings. The van der Waals surface area contributed by atoms with Gasteiger partial charge in [0.05, 0.1) is 6.20 Å². The summed E-state index contributed by atoms with van der Waals surface area (Å²) in [6, 6.07) is 8.32. The number of aromatic amines is 1. The van der Waals surface area contributed by atoms with Crippen LogP contribution >= 0.6 is 0 Å². The van der Waals surface area contributed by atoms with Crippen LogP contribution < -0.4 is 0 Å². The first-order valence-corrected chi connectivity index (χ1v) is 9.07. The Bertz CT molecular complexity index is 913. The first-order chi connectivity index (χ1) is 12.6. The average molecular weight is 352 g/mol. The number of nitrogens with one attached hydrogen (secondary N) is 1. The molecule has 0 radical (unpaired) electrons. The fourth-order valence-electron chi connectivity index (χ4n) is 3.94. The van der Waals surface area contributed by atoms with Crippen molar-refractivity contribution in [2.45, 2.75) is 18.8 Å². The number of rotatable bonds is 5. The lowest BCUT2D eigenvalue weighted by atomic mass is 9.92. The quantitative estimate of drug-likeness (QED) is 0.738. The molecule has 4 rings (SSSR count). The van der Waals surface area contributed by atoms with Crippen LogP contribution in [0.3, 0.4) is 0 Å². The van der Waals surface area contributed by atoms with Crippen LogP contribution in [0.1, 0.15) is 23.5 Å². The standard InChI is InChI=1S/C20H24N4O2/c1-23-10-16(9-22-23)18-12-24(11-17(18)13-25)20(26)5-3-14-2-4-19-15(8-14)6-7-21-19/h2,4,6-10,17-18,21,25H,3,5,11-13H2,1H3/t17-,18-/m0/s1. The molecule has 2 N–H and O–H groups in total. The summed E-state index contributed by atoms with van der Waals surface area (Å²) in [5, 5.41) is 15.1. The van der Waals surface area contributed by atoms with Gasteiger partial charge in [0, 0.05) is 62.9 Å². The summed E-state index contributed by atoms with van der Waals surface area (Å²) < 4.78 is 1.77. The predicted octanol–water partition coefficient (Wildman–Crippen LogP) is 2.07. The lowest BCUT2D eigenvalue weighted by Gasteiger charge is -2.16. The minimum absolute atomic E-state index is 0.0827. The van der Waals surface area contributed by atoms with Crippen molar-refractivity contribution in [1.82, 2.24) is 19.7 Å². The number of hydrogen-bond donors (Lipinski definition) is 2. The molecule has 136 valence electrons. The van der Waals surface area contributed by atoms with Crippen LogP contribution in [0.2, 0.25) is 0 Å². The van der Waals surface area contributed by atoms with Crippen molar-refractivity contribution in [3.05, 3.63) is 54.0 Å². The molecule has 2 atom stereocenters. The van der Waals surface area contributed by atoms with Crippen molar-refractivity contribution < 1.29 is 9.90 Å². The predicted molar refractivity (Wildman–Crippen MR) is 99.7 cm³/mol. The lowest BCUT2D eigenvalue weighted by Crippen LogP contribution is -2.29. The average Bonchev–Trinajstić information content (AvgIpc) is 3.37. The van der Waals surface area contributed by atoms with Crippen LogP contribution in [0.5, 0.6) is 0 Å². The second-order valence-corrected chi connectivity index (χ2v) is 7.19. The number of fused-ring (bicyclic) bond motifs is 1. The molecule has 0 aliphatic carbocycles. The fraction of sp³-hybridized carbons (Fsp3) is 0.400. The Hall–Kier alpha value is -2.60. The number of nitrogens with zero attached hydrogens (tertiary/aromatic N) is 3. The molecular weight excluding hydrogens is 328 g/mol. The van der Waals surface area contributed by atoms with E-state index in [1.54, 1.807) is 4.68 Å². The topological polar surface area (TPSA) is 74.2 Å². The molecule has 0 bridgehead atoms. The third-order valence-corrected chi connectivity index (χ3v) is 5.43. The number of carbonyl (C=O) groups is 1. The first-order valence-electron chi connectivity index (χ1n) is 9.07. The zero-order valence-electron chi connectivity index (χ0n) is 14.9. The van der Waals surface area contributed by atoms with E-state index in [0.29, 0.717) is 19.5 Å². The van der Waals surface area contributed by atoms with Gasteiger partial charge in [-0.3, -0.25) is 9.48 Å². The zero-order chi connectivity index (χ0) is 18.1. The number of aliphatic hydroxyl groups excluding tert-OH is 1. The van der Waals surface area contributed by atoms with Gasteiger partial charge < -0.3 is 15.0 Å². The normalized spacial score (nSPS) is 20.2. The van der Waals surface area contributed by atoms with E-state index in [2.05, 4.69) is 28.3 Å². The molecule has 6 heteroatoms. The van der Waals surface area contributed by atoms with Gasteiger partial charge in [0.15, 0.2) is 0 Å². The zero-order valence-corrected chi connectivity index (χ0v) is 14.9. The van der Waals surface area contributed by atoms with Crippen molar-refractivity contribution in [2.75, 3.05) is 19.7 Å². The maximum Gasteiger partial charge on any atom is 0.222 e. The summed E-state index contributed by atoms with van der Waals surface area (Å²) in [5.41, 5.74) is 3.39. The Morgan fingerprint density at radius 1 is 1.35 bits per heavy atom. The van der Waals surface area contributed by atoms with Crippen LogP contribution in [-0.2, 0) is 18.3 Å². The van der Waals surface area contributed by atoms with Gasteiger partial charge in [0.2, 0.25) is 5.91 Å². The Kier molecular flexibility index (Phi) is 4.51. The first kappa shape index (κ1) is 16.8. The van der Waals surface area contributed by atoms with E-state index in [1.807, 2.05) is 36.6 Å². The minimum Gasteiger partial charge on any atom is -0.396 e. The van der Waals surface area contributed by atoms with Crippen LogP contribution in [0, 0.1) is 5.92 Å². The highest BCUT2D eigenvalue weighted by atomic mass is 16.3. The Labute approximate surface area is 152 Å². The molecule has 1 saturated heterocycles. The molecule has 1 aliphatic rings. The number of likely N-dealkylation sites (tertiary alicyclic amines) is 1. The second kappa shape index (κ2) is 6.96. The van der Waals surface area contributed by atoms with E-state index in [0.717, 1.165) is 17.5 Å². The maximum absolute atomic E-state index is 12.7. The number of aromatic nitrogens is 3. The number of hydrogen-bond acceptors (Lipinski definition) is 3. The maximum atomic E-state index is 12.7. The van der Waals surface area contributed by atoms with E-state index >= 15 is 0 Å². The highest BCUT2D eigenvalue weighted by Gasteiger charge is 2.36. The van der Waals surface area contributed by atoms with Crippen molar-refractivity contribution >= 4 is 16.8 Å². The molecule has 0 saturated carbocycles. The highest BCUT2D eigenvalue weighted by Crippen LogP contribution is 2.32. The number of carbonyl (C=O) groups excluding carboxylic acids is 1. The van der Waals surface area contributed by atoms with Crippen molar-refractivity contribution in [2.24, 2.45) is 13.0 Å². The van der Waals surface area contributed by atoms with Gasteiger partial charge in [-0.15, -0.1) is 0 Å². The SMILES string of the molecule is Cn1cc([C@@H]2CN(C(=O)CCc3ccc4[nH]ccc4c3)C[C@H]2CO)cn1. The van der Waals surface area contributed by atoms with Crippen LogP contribution in [0.25, 0.3) is 10.9 Å². The molecule has 6 nitrogen and oxygen atoms in total. The van der Waals surface area contributed by atoms with Crippen LogP contribution in [0.4, 0.5) is 0 Å². The van der Waals surface area contributed by atoms with Crippen molar-refractivity contribution in [1.29, 1.82) is 0 Å². The Morgan fingerprint density at radius 2 is 2.23 bits per heavy atom. The Morgan fingerprint density at radius 3 is 3.00 bits per heavy atom. The second-order valence-electron chi connectivity index (χ2n) is 7.19. The summed E-state index contributed by atoms with van der Waals surface area (Å²) in [6.45, 7) is 1.37. The van der Waals surface area contributed by atoms with Gasteiger partial charge in [-0.2, -0.15) is 5.10 Å². The fourth-order valence-corrected chi connectivity index (χ4v) is 3.94. The number of H-pyrrole nitrogens is 1. The summed E-state index contributed by atoms with van der Waals surface area (Å²) in [5.74, 6) is 0.400. The molecule has 1 amide bonds. The summed E-state index contributed by atoms with van der Waals surface area (Å²) in [6.07, 6.45) is 6.98. The van der Waals surface area contributed by atoms with Gasteiger partial charge in [-0.25, -0.2) is 0 Å². The number of benzene rings is 1. The number of aryl methyl sites for hydroxylation is 2. The van der Waals surface area contributed by atoms with Gasteiger partial charge >= 0.3 is 0 Å². The van der Waals surface area contributed by atoms with Crippen molar-refractivity contribution in [3.63, 3.8) is 0 Å². The minimum atomic E-state index is 0.0827. The largest absolute Gasteiger partial charge is 0.396 e. The van der Waals surface area contributed by atoms with E-state index < -0.39 is 0 Å². The van der Waals surface area contributed by atoms with Crippen molar-refractivity contribution in [3.8, 4) is 0 Å². The number of amides is 1. The van der Waals surface area contributed by atoms with E-state index in [1.165, 1.54) is 10.9 Å². The van der Waals surface area contributed by atoms with Crippen LogP contribution in [-0.4, -0.2) is 50.4 Å². The van der Waals surface area contributed by atoms with E-state index in [9.17, 15) is 9.90 Å².